The van der Waals surface area contributed by atoms with Crippen molar-refractivity contribution in [3.05, 3.63) is 53.6 Å². The van der Waals surface area contributed by atoms with E-state index in [-0.39, 0.29) is 29.2 Å². The number of aliphatic hydroxyl groups excluding tert-OH is 1. The van der Waals surface area contributed by atoms with E-state index in [4.69, 9.17) is 14.2 Å². The van der Waals surface area contributed by atoms with E-state index in [2.05, 4.69) is 24.8 Å². The molecule has 2 heterocycles. The molecule has 0 amide bonds. The van der Waals surface area contributed by atoms with Gasteiger partial charge in [0.2, 0.25) is 10.0 Å². The standard InChI is InChI=1S/C30H44N2O6S/c1-22-7-12-27(13-8-22)39(34,35)32-19-26(11-10-25(32)17-23(2)33)37-20-24-9-14-29-28(18-24)31(15-6-16-36-5)21-30(3,4)38-29/h7-9,12-14,18,23,25-26,33H,6,10-11,15-17,19-21H2,1-5H3/t23?,25-,26+/m0/s1. The quantitative estimate of drug-likeness (QED) is 0.404. The highest BCUT2D eigenvalue weighted by atomic mass is 32.2. The molecule has 0 saturated carbocycles. The molecule has 0 bridgehead atoms. The Balaban J connectivity index is 1.48. The first kappa shape index (κ1) is 29.8. The van der Waals surface area contributed by atoms with Gasteiger partial charge in [-0.2, -0.15) is 4.31 Å². The van der Waals surface area contributed by atoms with Crippen LogP contribution in [0.5, 0.6) is 5.75 Å². The van der Waals surface area contributed by atoms with Crippen LogP contribution >= 0.6 is 0 Å². The first-order valence-electron chi connectivity index (χ1n) is 13.9. The van der Waals surface area contributed by atoms with Crippen molar-refractivity contribution in [2.24, 2.45) is 0 Å². The Morgan fingerprint density at radius 1 is 1.15 bits per heavy atom. The van der Waals surface area contributed by atoms with Crippen LogP contribution in [0.2, 0.25) is 0 Å². The van der Waals surface area contributed by atoms with Gasteiger partial charge in [0.05, 0.1) is 35.9 Å². The molecule has 2 aliphatic heterocycles. The second-order valence-electron chi connectivity index (χ2n) is 11.6. The number of ether oxygens (including phenoxy) is 3. The van der Waals surface area contributed by atoms with Crippen molar-refractivity contribution in [1.82, 2.24) is 4.31 Å². The lowest BCUT2D eigenvalue weighted by Crippen LogP contribution is -2.50. The molecule has 0 aliphatic carbocycles. The summed E-state index contributed by atoms with van der Waals surface area (Å²) in [7, 11) is -2.00. The highest BCUT2D eigenvalue weighted by Crippen LogP contribution is 2.38. The molecule has 4 rings (SSSR count). The minimum Gasteiger partial charge on any atom is -0.484 e. The van der Waals surface area contributed by atoms with Crippen LogP contribution in [0.1, 0.15) is 57.6 Å². The molecule has 1 saturated heterocycles. The van der Waals surface area contributed by atoms with Gasteiger partial charge in [-0.25, -0.2) is 8.42 Å². The smallest absolute Gasteiger partial charge is 0.243 e. The highest BCUT2D eigenvalue weighted by molar-refractivity contribution is 7.89. The van der Waals surface area contributed by atoms with E-state index in [0.29, 0.717) is 26.1 Å². The third-order valence-electron chi connectivity index (χ3n) is 7.44. The Kier molecular flexibility index (Phi) is 9.60. The molecular weight excluding hydrogens is 516 g/mol. The summed E-state index contributed by atoms with van der Waals surface area (Å²) in [6.07, 6.45) is 1.88. The first-order valence-corrected chi connectivity index (χ1v) is 15.4. The summed E-state index contributed by atoms with van der Waals surface area (Å²) < 4.78 is 46.6. The van der Waals surface area contributed by atoms with Gasteiger partial charge >= 0.3 is 0 Å². The highest BCUT2D eigenvalue weighted by Gasteiger charge is 2.38. The molecule has 0 radical (unpaired) electrons. The van der Waals surface area contributed by atoms with Crippen molar-refractivity contribution in [3.63, 3.8) is 0 Å². The van der Waals surface area contributed by atoms with E-state index in [0.717, 1.165) is 48.5 Å². The third kappa shape index (κ3) is 7.52. The van der Waals surface area contributed by atoms with Crippen LogP contribution in [0.15, 0.2) is 47.4 Å². The van der Waals surface area contributed by atoms with Crippen LogP contribution in [0.25, 0.3) is 0 Å². The number of rotatable bonds is 11. The molecular formula is C30H44N2O6S. The zero-order valence-electron chi connectivity index (χ0n) is 23.9. The van der Waals surface area contributed by atoms with Gasteiger partial charge in [-0.1, -0.05) is 23.8 Å². The van der Waals surface area contributed by atoms with E-state index in [1.54, 1.807) is 30.5 Å². The van der Waals surface area contributed by atoms with Crippen LogP contribution in [-0.4, -0.2) is 75.0 Å². The Labute approximate surface area is 233 Å². The summed E-state index contributed by atoms with van der Waals surface area (Å²) in [5.41, 5.74) is 2.80. The molecule has 9 heteroatoms. The van der Waals surface area contributed by atoms with Crippen molar-refractivity contribution < 1.29 is 27.7 Å². The number of fused-ring (bicyclic) bond motifs is 1. The second kappa shape index (κ2) is 12.6. The fourth-order valence-electron chi connectivity index (χ4n) is 5.54. The van der Waals surface area contributed by atoms with Gasteiger partial charge in [0.25, 0.3) is 0 Å². The third-order valence-corrected chi connectivity index (χ3v) is 9.37. The minimum atomic E-state index is -3.72. The average molecular weight is 561 g/mol. The van der Waals surface area contributed by atoms with E-state index in [1.165, 1.54) is 0 Å². The van der Waals surface area contributed by atoms with Gasteiger partial charge in [0.1, 0.15) is 11.4 Å². The molecule has 39 heavy (non-hydrogen) atoms. The summed E-state index contributed by atoms with van der Waals surface area (Å²) in [6, 6.07) is 12.8. The summed E-state index contributed by atoms with van der Waals surface area (Å²) in [4.78, 5) is 2.62. The number of sulfonamides is 1. The Bertz CT molecular complexity index is 1200. The predicted molar refractivity (Wildman–Crippen MR) is 153 cm³/mol. The molecule has 2 aliphatic rings. The zero-order valence-corrected chi connectivity index (χ0v) is 24.7. The molecule has 3 atom stereocenters. The summed E-state index contributed by atoms with van der Waals surface area (Å²) >= 11 is 0. The number of benzene rings is 2. The number of hydrogen-bond donors (Lipinski definition) is 1. The number of methoxy groups -OCH3 is 1. The van der Waals surface area contributed by atoms with E-state index < -0.39 is 16.1 Å². The maximum absolute atomic E-state index is 13.6. The van der Waals surface area contributed by atoms with Gasteiger partial charge in [-0.05, 0) is 83.2 Å². The number of aryl methyl sites for hydroxylation is 1. The number of aliphatic hydroxyl groups is 1. The monoisotopic (exact) mass is 560 g/mol. The van der Waals surface area contributed by atoms with Crippen LogP contribution < -0.4 is 9.64 Å². The van der Waals surface area contributed by atoms with Gasteiger partial charge in [0.15, 0.2) is 0 Å². The van der Waals surface area contributed by atoms with E-state index in [9.17, 15) is 13.5 Å². The molecule has 0 spiro atoms. The zero-order chi connectivity index (χ0) is 28.2. The maximum atomic E-state index is 13.6. The fraction of sp³-hybridized carbons (Fsp3) is 0.600. The molecule has 2 aromatic carbocycles. The lowest BCUT2D eigenvalue weighted by molar-refractivity contribution is -0.0106. The van der Waals surface area contributed by atoms with Gasteiger partial charge in [-0.15, -0.1) is 0 Å². The van der Waals surface area contributed by atoms with Gasteiger partial charge in [0, 0.05) is 32.8 Å². The number of anilines is 1. The largest absolute Gasteiger partial charge is 0.484 e. The Hall–Kier alpha value is -2.17. The Morgan fingerprint density at radius 3 is 2.59 bits per heavy atom. The number of nitrogens with zero attached hydrogens (tertiary/aromatic N) is 2. The van der Waals surface area contributed by atoms with Crippen LogP contribution in [0.4, 0.5) is 5.69 Å². The molecule has 8 nitrogen and oxygen atoms in total. The number of hydrogen-bond acceptors (Lipinski definition) is 7. The molecule has 216 valence electrons. The second-order valence-corrected chi connectivity index (χ2v) is 13.5. The topological polar surface area (TPSA) is 88.5 Å². The summed E-state index contributed by atoms with van der Waals surface area (Å²) in [6.45, 7) is 10.8. The van der Waals surface area contributed by atoms with Crippen LogP contribution in [0, 0.1) is 6.92 Å². The molecule has 1 N–H and O–H groups in total. The SMILES string of the molecule is COCCCN1CC(C)(C)Oc2ccc(CO[C@@H]3CC[C@@H](CC(C)O)N(S(=O)(=O)c4ccc(C)cc4)C3)cc21. The van der Waals surface area contributed by atoms with Gasteiger partial charge in [-0.3, -0.25) is 0 Å². The summed E-state index contributed by atoms with van der Waals surface area (Å²) in [5, 5.41) is 10.1. The van der Waals surface area contributed by atoms with E-state index in [1.807, 2.05) is 31.2 Å². The predicted octanol–water partition coefficient (Wildman–Crippen LogP) is 4.52. The van der Waals surface area contributed by atoms with Crippen molar-refractivity contribution in [3.8, 4) is 5.75 Å². The molecule has 0 aromatic heterocycles. The first-order chi connectivity index (χ1) is 18.5. The lowest BCUT2D eigenvalue weighted by atomic mass is 9.98. The molecule has 1 fully saturated rings. The van der Waals surface area contributed by atoms with Gasteiger partial charge < -0.3 is 24.2 Å². The minimum absolute atomic E-state index is 0.237. The average Bonchev–Trinajstić information content (AvgIpc) is 2.87. The Morgan fingerprint density at radius 2 is 1.90 bits per heavy atom. The van der Waals surface area contributed by atoms with E-state index >= 15 is 0 Å². The van der Waals surface area contributed by atoms with Crippen molar-refractivity contribution in [2.75, 3.05) is 38.3 Å². The van der Waals surface area contributed by atoms with Crippen molar-refractivity contribution in [1.29, 1.82) is 0 Å². The maximum Gasteiger partial charge on any atom is 0.243 e. The van der Waals surface area contributed by atoms with Crippen LogP contribution in [-0.2, 0) is 26.1 Å². The summed E-state index contributed by atoms with van der Waals surface area (Å²) in [5.74, 6) is 0.862. The lowest BCUT2D eigenvalue weighted by Gasteiger charge is -2.41. The fourth-order valence-corrected chi connectivity index (χ4v) is 7.24. The molecule has 2 aromatic rings. The normalized spacial score (nSPS) is 22.3. The van der Waals surface area contributed by atoms with Crippen molar-refractivity contribution in [2.45, 2.75) is 88.7 Å². The van der Waals surface area contributed by atoms with Crippen LogP contribution in [0.3, 0.4) is 0 Å². The van der Waals surface area contributed by atoms with Crippen molar-refractivity contribution >= 4 is 15.7 Å². The molecule has 1 unspecified atom stereocenters. The number of piperidine rings is 1.